The molecule has 1 saturated heterocycles. The van der Waals surface area contributed by atoms with Crippen LogP contribution in [0.4, 0.5) is 0 Å². The van der Waals surface area contributed by atoms with Crippen LogP contribution in [0.5, 0.6) is 0 Å². The maximum absolute atomic E-state index is 12.5. The number of imide groups is 1. The predicted octanol–water partition coefficient (Wildman–Crippen LogP) is 1.67. The Bertz CT molecular complexity index is 966. The summed E-state index contributed by atoms with van der Waals surface area (Å²) in [6.45, 7) is 4.63. The highest BCUT2D eigenvalue weighted by Crippen LogP contribution is 2.22. The Morgan fingerprint density at radius 2 is 1.72 bits per heavy atom. The van der Waals surface area contributed by atoms with Crippen LogP contribution in [0.25, 0.3) is 0 Å². The molecule has 7 heteroatoms. The van der Waals surface area contributed by atoms with Crippen LogP contribution in [0.2, 0.25) is 0 Å². The fourth-order valence-corrected chi connectivity index (χ4v) is 3.64. The monoisotopic (exact) mass is 393 g/mol. The summed E-state index contributed by atoms with van der Waals surface area (Å²) >= 11 is 0. The van der Waals surface area contributed by atoms with Crippen LogP contribution in [-0.2, 0) is 17.8 Å². The van der Waals surface area contributed by atoms with Gasteiger partial charge in [-0.2, -0.15) is 0 Å². The molecular weight excluding hydrogens is 370 g/mol. The fraction of sp³-hybridized carbons (Fsp3) is 0.318. The Balaban J connectivity index is 1.39. The van der Waals surface area contributed by atoms with Gasteiger partial charge in [-0.05, 0) is 29.3 Å². The first kappa shape index (κ1) is 19.3. The Morgan fingerprint density at radius 3 is 2.52 bits per heavy atom. The standard InChI is InChI=1S/C22H23N3O4/c1-24-21(27)18-6-5-17(12-19(18)22(24)28)20(26)23-13-15-3-2-4-16(11-15)14-25-7-9-29-10-8-25/h2-6,11-12H,7-10,13-14H2,1H3,(H,23,26). The van der Waals surface area contributed by atoms with Crippen molar-refractivity contribution < 1.29 is 19.1 Å². The number of nitrogens with zero attached hydrogens (tertiary/aromatic N) is 2. The van der Waals surface area contributed by atoms with Gasteiger partial charge < -0.3 is 10.1 Å². The number of rotatable bonds is 5. The number of fused-ring (bicyclic) bond motifs is 1. The molecule has 0 aliphatic carbocycles. The molecule has 0 saturated carbocycles. The Hall–Kier alpha value is -3.03. The van der Waals surface area contributed by atoms with E-state index in [9.17, 15) is 14.4 Å². The molecule has 2 aromatic rings. The van der Waals surface area contributed by atoms with Crippen molar-refractivity contribution in [3.8, 4) is 0 Å². The molecule has 7 nitrogen and oxygen atoms in total. The molecule has 4 rings (SSSR count). The third-order valence-corrected chi connectivity index (χ3v) is 5.31. The second-order valence-corrected chi connectivity index (χ2v) is 7.32. The third-order valence-electron chi connectivity index (χ3n) is 5.31. The molecule has 150 valence electrons. The van der Waals surface area contributed by atoms with E-state index in [1.165, 1.54) is 24.7 Å². The zero-order valence-corrected chi connectivity index (χ0v) is 16.3. The van der Waals surface area contributed by atoms with Crippen LogP contribution in [0.3, 0.4) is 0 Å². The van der Waals surface area contributed by atoms with Gasteiger partial charge in [-0.1, -0.05) is 24.3 Å². The number of carbonyl (C=O) groups excluding carboxylic acids is 3. The summed E-state index contributed by atoms with van der Waals surface area (Å²) in [4.78, 5) is 40.0. The van der Waals surface area contributed by atoms with E-state index < -0.39 is 0 Å². The number of hydrogen-bond acceptors (Lipinski definition) is 5. The van der Waals surface area contributed by atoms with Gasteiger partial charge >= 0.3 is 0 Å². The summed E-state index contributed by atoms with van der Waals surface area (Å²) in [7, 11) is 1.44. The van der Waals surface area contributed by atoms with Crippen molar-refractivity contribution in [2.75, 3.05) is 33.4 Å². The van der Waals surface area contributed by atoms with E-state index in [4.69, 9.17) is 4.74 Å². The summed E-state index contributed by atoms with van der Waals surface area (Å²) in [5.41, 5.74) is 3.19. The molecule has 0 radical (unpaired) electrons. The van der Waals surface area contributed by atoms with Crippen LogP contribution in [-0.4, -0.2) is 60.9 Å². The quantitative estimate of drug-likeness (QED) is 0.782. The van der Waals surface area contributed by atoms with Crippen molar-refractivity contribution in [3.63, 3.8) is 0 Å². The molecule has 0 unspecified atom stereocenters. The zero-order chi connectivity index (χ0) is 20.4. The van der Waals surface area contributed by atoms with Gasteiger partial charge in [-0.15, -0.1) is 0 Å². The minimum Gasteiger partial charge on any atom is -0.379 e. The lowest BCUT2D eigenvalue weighted by Crippen LogP contribution is -2.35. The first-order valence-electron chi connectivity index (χ1n) is 9.65. The summed E-state index contributed by atoms with van der Waals surface area (Å²) in [6.07, 6.45) is 0. The Labute approximate surface area is 169 Å². The normalized spacial score (nSPS) is 16.8. The second-order valence-electron chi connectivity index (χ2n) is 7.32. The van der Waals surface area contributed by atoms with E-state index in [0.717, 1.165) is 43.3 Å². The van der Waals surface area contributed by atoms with Gasteiger partial charge in [0, 0.05) is 38.8 Å². The number of amides is 3. The number of hydrogen-bond donors (Lipinski definition) is 1. The highest BCUT2D eigenvalue weighted by atomic mass is 16.5. The number of benzene rings is 2. The van der Waals surface area contributed by atoms with Crippen LogP contribution in [0.15, 0.2) is 42.5 Å². The highest BCUT2D eigenvalue weighted by Gasteiger charge is 2.33. The topological polar surface area (TPSA) is 79.0 Å². The number of nitrogens with one attached hydrogen (secondary N) is 1. The van der Waals surface area contributed by atoms with Crippen molar-refractivity contribution in [2.24, 2.45) is 0 Å². The molecule has 0 bridgehead atoms. The van der Waals surface area contributed by atoms with Gasteiger partial charge in [0.25, 0.3) is 17.7 Å². The van der Waals surface area contributed by atoms with E-state index >= 15 is 0 Å². The van der Waals surface area contributed by atoms with Crippen LogP contribution in [0.1, 0.15) is 42.2 Å². The van der Waals surface area contributed by atoms with E-state index in [2.05, 4.69) is 22.3 Å². The van der Waals surface area contributed by atoms with E-state index in [1.54, 1.807) is 6.07 Å². The Morgan fingerprint density at radius 1 is 1.00 bits per heavy atom. The summed E-state index contributed by atoms with van der Waals surface area (Å²) in [5.74, 6) is -0.995. The summed E-state index contributed by atoms with van der Waals surface area (Å²) in [6, 6.07) is 12.7. The Kier molecular flexibility index (Phi) is 5.42. The first-order valence-corrected chi connectivity index (χ1v) is 9.65. The molecule has 1 N–H and O–H groups in total. The van der Waals surface area contributed by atoms with Gasteiger partial charge in [0.15, 0.2) is 0 Å². The second kappa shape index (κ2) is 8.14. The van der Waals surface area contributed by atoms with Crippen LogP contribution in [0, 0.1) is 0 Å². The lowest BCUT2D eigenvalue weighted by molar-refractivity contribution is 0.0342. The van der Waals surface area contributed by atoms with Crippen LogP contribution < -0.4 is 5.32 Å². The summed E-state index contributed by atoms with van der Waals surface area (Å²) in [5, 5.41) is 2.89. The lowest BCUT2D eigenvalue weighted by Gasteiger charge is -2.26. The van der Waals surface area contributed by atoms with E-state index in [0.29, 0.717) is 17.7 Å². The molecule has 0 aromatic heterocycles. The first-order chi connectivity index (χ1) is 14.0. The number of ether oxygens (including phenoxy) is 1. The molecule has 2 aromatic carbocycles. The molecule has 0 atom stereocenters. The highest BCUT2D eigenvalue weighted by molar-refractivity contribution is 6.21. The molecule has 1 fully saturated rings. The van der Waals surface area contributed by atoms with Crippen molar-refractivity contribution in [3.05, 3.63) is 70.3 Å². The van der Waals surface area contributed by atoms with E-state index in [1.807, 2.05) is 12.1 Å². The van der Waals surface area contributed by atoms with Gasteiger partial charge in [-0.25, -0.2) is 0 Å². The zero-order valence-electron chi connectivity index (χ0n) is 16.3. The van der Waals surface area contributed by atoms with Gasteiger partial charge in [0.2, 0.25) is 0 Å². The SMILES string of the molecule is CN1C(=O)c2ccc(C(=O)NCc3cccc(CN4CCOCC4)c3)cc2C1=O. The number of carbonyl (C=O) groups is 3. The van der Waals surface area contributed by atoms with Crippen molar-refractivity contribution >= 4 is 17.7 Å². The molecule has 2 heterocycles. The summed E-state index contributed by atoms with van der Waals surface area (Å²) < 4.78 is 5.38. The molecular formula is C22H23N3O4. The molecule has 2 aliphatic heterocycles. The minimum atomic E-state index is -0.379. The van der Waals surface area contributed by atoms with Crippen LogP contribution >= 0.6 is 0 Å². The van der Waals surface area contributed by atoms with Crippen molar-refractivity contribution in [1.82, 2.24) is 15.1 Å². The van der Waals surface area contributed by atoms with Crippen molar-refractivity contribution in [1.29, 1.82) is 0 Å². The molecule has 3 amide bonds. The van der Waals surface area contributed by atoms with E-state index in [-0.39, 0.29) is 23.3 Å². The fourth-order valence-electron chi connectivity index (χ4n) is 3.64. The maximum atomic E-state index is 12.5. The molecule has 29 heavy (non-hydrogen) atoms. The number of morpholine rings is 1. The smallest absolute Gasteiger partial charge is 0.261 e. The molecule has 0 spiro atoms. The van der Waals surface area contributed by atoms with Gasteiger partial charge in [0.05, 0.1) is 24.3 Å². The lowest BCUT2D eigenvalue weighted by atomic mass is 10.0. The largest absolute Gasteiger partial charge is 0.379 e. The average Bonchev–Trinajstić information content (AvgIpc) is 2.97. The third kappa shape index (κ3) is 4.06. The van der Waals surface area contributed by atoms with Crippen molar-refractivity contribution in [2.45, 2.75) is 13.1 Å². The molecule has 2 aliphatic rings. The minimum absolute atomic E-state index is 0.276. The average molecular weight is 393 g/mol. The van der Waals surface area contributed by atoms with Gasteiger partial charge in [-0.3, -0.25) is 24.2 Å². The predicted molar refractivity (Wildman–Crippen MR) is 107 cm³/mol. The maximum Gasteiger partial charge on any atom is 0.261 e. The van der Waals surface area contributed by atoms with Gasteiger partial charge in [0.1, 0.15) is 0 Å².